The zero-order valence-corrected chi connectivity index (χ0v) is 7.47. The van der Waals surface area contributed by atoms with Crippen LogP contribution in [0.5, 0.6) is 5.75 Å². The van der Waals surface area contributed by atoms with Gasteiger partial charge in [0.25, 0.3) is 0 Å². The van der Waals surface area contributed by atoms with Crippen LogP contribution in [-0.4, -0.2) is 5.11 Å². The standard InChI is InChI=1S/C9H10F3NO/c1-5(13)7-4-6(9(10,11)12)2-3-8(7)14/h2-5,14H,13H2,1H3/t5-/m1/s1. The molecular formula is C9H10F3NO. The third-order valence-electron chi connectivity index (χ3n) is 1.85. The Morgan fingerprint density at radius 3 is 2.36 bits per heavy atom. The lowest BCUT2D eigenvalue weighted by molar-refractivity contribution is -0.137. The molecule has 78 valence electrons. The summed E-state index contributed by atoms with van der Waals surface area (Å²) >= 11 is 0. The molecule has 0 saturated heterocycles. The summed E-state index contributed by atoms with van der Waals surface area (Å²) in [4.78, 5) is 0. The van der Waals surface area contributed by atoms with E-state index in [4.69, 9.17) is 5.73 Å². The Labute approximate surface area is 79.2 Å². The predicted octanol–water partition coefficient (Wildman–Crippen LogP) is 2.43. The SMILES string of the molecule is C[C@@H](N)c1cc(C(F)(F)F)ccc1O. The zero-order valence-electron chi connectivity index (χ0n) is 7.47. The van der Waals surface area contributed by atoms with Gasteiger partial charge in [-0.15, -0.1) is 0 Å². The molecule has 0 saturated carbocycles. The number of alkyl halides is 3. The molecule has 0 spiro atoms. The van der Waals surface area contributed by atoms with Crippen LogP contribution in [0.3, 0.4) is 0 Å². The van der Waals surface area contributed by atoms with Gasteiger partial charge in [0.2, 0.25) is 0 Å². The summed E-state index contributed by atoms with van der Waals surface area (Å²) in [5, 5.41) is 9.22. The molecule has 14 heavy (non-hydrogen) atoms. The molecule has 1 aromatic carbocycles. The number of phenolic OH excluding ortho intramolecular Hbond substituents is 1. The number of halogens is 3. The van der Waals surface area contributed by atoms with Gasteiger partial charge in [0.05, 0.1) is 5.56 Å². The van der Waals surface area contributed by atoms with Gasteiger partial charge in [0.1, 0.15) is 5.75 Å². The largest absolute Gasteiger partial charge is 0.508 e. The van der Waals surface area contributed by atoms with Crippen molar-refractivity contribution in [3.63, 3.8) is 0 Å². The van der Waals surface area contributed by atoms with Crippen molar-refractivity contribution in [1.29, 1.82) is 0 Å². The molecule has 0 bridgehead atoms. The molecule has 0 amide bonds. The third-order valence-corrected chi connectivity index (χ3v) is 1.85. The van der Waals surface area contributed by atoms with Gasteiger partial charge in [-0.2, -0.15) is 13.2 Å². The molecule has 0 aliphatic rings. The molecule has 0 aliphatic carbocycles. The van der Waals surface area contributed by atoms with Crippen molar-refractivity contribution >= 4 is 0 Å². The van der Waals surface area contributed by atoms with E-state index in [9.17, 15) is 18.3 Å². The number of hydrogen-bond acceptors (Lipinski definition) is 2. The molecule has 0 aliphatic heterocycles. The van der Waals surface area contributed by atoms with Crippen molar-refractivity contribution < 1.29 is 18.3 Å². The van der Waals surface area contributed by atoms with Gasteiger partial charge >= 0.3 is 6.18 Å². The van der Waals surface area contributed by atoms with E-state index in [0.717, 1.165) is 18.2 Å². The maximum Gasteiger partial charge on any atom is 0.416 e. The average molecular weight is 205 g/mol. The molecule has 2 nitrogen and oxygen atoms in total. The minimum atomic E-state index is -4.41. The highest BCUT2D eigenvalue weighted by atomic mass is 19.4. The van der Waals surface area contributed by atoms with E-state index in [1.165, 1.54) is 6.92 Å². The summed E-state index contributed by atoms with van der Waals surface area (Å²) in [7, 11) is 0. The molecule has 5 heteroatoms. The molecule has 0 fully saturated rings. The van der Waals surface area contributed by atoms with Gasteiger partial charge in [-0.3, -0.25) is 0 Å². The fourth-order valence-electron chi connectivity index (χ4n) is 1.10. The second-order valence-corrected chi connectivity index (χ2v) is 3.06. The van der Waals surface area contributed by atoms with Crippen molar-refractivity contribution in [2.24, 2.45) is 5.73 Å². The van der Waals surface area contributed by atoms with Gasteiger partial charge in [0.15, 0.2) is 0 Å². The van der Waals surface area contributed by atoms with Gasteiger partial charge in [-0.25, -0.2) is 0 Å². The number of hydrogen-bond donors (Lipinski definition) is 2. The van der Waals surface area contributed by atoms with E-state index in [0.29, 0.717) is 0 Å². The Balaban J connectivity index is 3.20. The van der Waals surface area contributed by atoms with Crippen LogP contribution in [0.15, 0.2) is 18.2 Å². The highest BCUT2D eigenvalue weighted by molar-refractivity contribution is 5.38. The molecule has 1 rings (SSSR count). The molecule has 0 radical (unpaired) electrons. The lowest BCUT2D eigenvalue weighted by Crippen LogP contribution is -2.09. The van der Waals surface area contributed by atoms with Crippen LogP contribution in [0.25, 0.3) is 0 Å². The van der Waals surface area contributed by atoms with Crippen molar-refractivity contribution in [3.8, 4) is 5.75 Å². The summed E-state index contributed by atoms with van der Waals surface area (Å²) in [5.41, 5.74) is 4.69. The summed E-state index contributed by atoms with van der Waals surface area (Å²) in [6, 6.07) is 2.06. The van der Waals surface area contributed by atoms with Crippen molar-refractivity contribution in [1.82, 2.24) is 0 Å². The number of rotatable bonds is 1. The molecule has 0 aromatic heterocycles. The van der Waals surface area contributed by atoms with E-state index >= 15 is 0 Å². The first-order valence-electron chi connectivity index (χ1n) is 3.98. The zero-order chi connectivity index (χ0) is 10.9. The van der Waals surface area contributed by atoms with Gasteiger partial charge in [0, 0.05) is 11.6 Å². The Kier molecular flexibility index (Phi) is 2.71. The maximum atomic E-state index is 12.2. The van der Waals surface area contributed by atoms with Gasteiger partial charge in [-0.05, 0) is 25.1 Å². The van der Waals surface area contributed by atoms with E-state index < -0.39 is 17.8 Å². The first-order chi connectivity index (χ1) is 6.32. The summed E-state index contributed by atoms with van der Waals surface area (Å²) in [6.07, 6.45) is -4.41. The molecule has 0 unspecified atom stereocenters. The molecular weight excluding hydrogens is 195 g/mol. The summed E-state index contributed by atoms with van der Waals surface area (Å²) in [5.74, 6) is -0.215. The first kappa shape index (κ1) is 10.8. The van der Waals surface area contributed by atoms with Crippen LogP contribution < -0.4 is 5.73 Å². The second-order valence-electron chi connectivity index (χ2n) is 3.06. The molecule has 0 heterocycles. The minimum Gasteiger partial charge on any atom is -0.508 e. The number of aromatic hydroxyl groups is 1. The number of nitrogens with two attached hydrogens (primary N) is 1. The first-order valence-corrected chi connectivity index (χ1v) is 3.98. The Bertz CT molecular complexity index is 333. The number of benzene rings is 1. The van der Waals surface area contributed by atoms with Gasteiger partial charge in [-0.1, -0.05) is 0 Å². The van der Waals surface area contributed by atoms with E-state index in [1.54, 1.807) is 0 Å². The normalized spacial score (nSPS) is 14.1. The van der Waals surface area contributed by atoms with Crippen LogP contribution in [0.1, 0.15) is 24.1 Å². The third kappa shape index (κ3) is 2.17. The molecule has 1 atom stereocenters. The van der Waals surface area contributed by atoms with Crippen LogP contribution in [-0.2, 0) is 6.18 Å². The lowest BCUT2D eigenvalue weighted by Gasteiger charge is -2.12. The molecule has 3 N–H and O–H groups in total. The maximum absolute atomic E-state index is 12.2. The number of phenols is 1. The predicted molar refractivity (Wildman–Crippen MR) is 45.7 cm³/mol. The van der Waals surface area contributed by atoms with Crippen molar-refractivity contribution in [3.05, 3.63) is 29.3 Å². The van der Waals surface area contributed by atoms with Gasteiger partial charge < -0.3 is 10.8 Å². The Morgan fingerprint density at radius 1 is 1.36 bits per heavy atom. The van der Waals surface area contributed by atoms with E-state index in [1.807, 2.05) is 0 Å². The van der Waals surface area contributed by atoms with E-state index in [2.05, 4.69) is 0 Å². The van der Waals surface area contributed by atoms with Crippen LogP contribution in [0.2, 0.25) is 0 Å². The quantitative estimate of drug-likeness (QED) is 0.739. The van der Waals surface area contributed by atoms with Crippen molar-refractivity contribution in [2.75, 3.05) is 0 Å². The van der Waals surface area contributed by atoms with Crippen LogP contribution in [0.4, 0.5) is 13.2 Å². The summed E-state index contributed by atoms with van der Waals surface area (Å²) < 4.78 is 36.7. The minimum absolute atomic E-state index is 0.0971. The summed E-state index contributed by atoms with van der Waals surface area (Å²) in [6.45, 7) is 1.51. The lowest BCUT2D eigenvalue weighted by atomic mass is 10.0. The van der Waals surface area contributed by atoms with Crippen LogP contribution >= 0.6 is 0 Å². The monoisotopic (exact) mass is 205 g/mol. The van der Waals surface area contributed by atoms with Crippen molar-refractivity contribution in [2.45, 2.75) is 19.1 Å². The fourth-order valence-corrected chi connectivity index (χ4v) is 1.10. The topological polar surface area (TPSA) is 46.2 Å². The fraction of sp³-hybridized carbons (Fsp3) is 0.333. The smallest absolute Gasteiger partial charge is 0.416 e. The van der Waals surface area contributed by atoms with E-state index in [-0.39, 0.29) is 11.3 Å². The highest BCUT2D eigenvalue weighted by Crippen LogP contribution is 2.33. The Hall–Kier alpha value is -1.23. The second kappa shape index (κ2) is 3.49. The molecule has 1 aromatic rings. The van der Waals surface area contributed by atoms with Crippen LogP contribution in [0, 0.1) is 0 Å². The Morgan fingerprint density at radius 2 is 1.93 bits per heavy atom. The average Bonchev–Trinajstić information content (AvgIpc) is 2.02. The highest BCUT2D eigenvalue weighted by Gasteiger charge is 2.31.